The summed E-state index contributed by atoms with van der Waals surface area (Å²) < 4.78 is 31.9. The van der Waals surface area contributed by atoms with Crippen LogP contribution in [0.5, 0.6) is 5.75 Å². The summed E-state index contributed by atoms with van der Waals surface area (Å²) >= 11 is 0. The fourth-order valence-electron chi connectivity index (χ4n) is 2.21. The van der Waals surface area contributed by atoms with Crippen LogP contribution in [0.25, 0.3) is 0 Å². The number of hydrogen-bond acceptors (Lipinski definition) is 2. The summed E-state index contributed by atoms with van der Waals surface area (Å²) in [6, 6.07) is 11.2. The molecule has 20 heavy (non-hydrogen) atoms. The Bertz CT molecular complexity index is 586. The van der Waals surface area contributed by atoms with Gasteiger partial charge in [-0.1, -0.05) is 31.2 Å². The van der Waals surface area contributed by atoms with E-state index in [0.29, 0.717) is 17.9 Å². The number of ether oxygens (including phenoxy) is 1. The maximum Gasteiger partial charge on any atom is 0.159 e. The molecule has 1 atom stereocenters. The lowest BCUT2D eigenvalue weighted by Crippen LogP contribution is -2.22. The Morgan fingerprint density at radius 1 is 1.10 bits per heavy atom. The number of para-hydroxylation sites is 1. The van der Waals surface area contributed by atoms with E-state index in [1.807, 2.05) is 31.2 Å². The van der Waals surface area contributed by atoms with Gasteiger partial charge in [0.25, 0.3) is 0 Å². The molecule has 0 spiro atoms. The van der Waals surface area contributed by atoms with E-state index in [1.54, 1.807) is 13.2 Å². The van der Waals surface area contributed by atoms with Crippen molar-refractivity contribution >= 4 is 0 Å². The minimum Gasteiger partial charge on any atom is -0.496 e. The number of rotatable bonds is 5. The van der Waals surface area contributed by atoms with Crippen molar-refractivity contribution in [1.82, 2.24) is 5.32 Å². The highest BCUT2D eigenvalue weighted by molar-refractivity contribution is 5.41. The van der Waals surface area contributed by atoms with Gasteiger partial charge in [-0.25, -0.2) is 8.78 Å². The summed E-state index contributed by atoms with van der Waals surface area (Å²) in [7, 11) is 1.59. The molecule has 2 aromatic carbocycles. The van der Waals surface area contributed by atoms with Gasteiger partial charge in [0.1, 0.15) is 5.75 Å². The van der Waals surface area contributed by atoms with E-state index in [2.05, 4.69) is 5.32 Å². The van der Waals surface area contributed by atoms with E-state index in [-0.39, 0.29) is 6.04 Å². The average molecular weight is 277 g/mol. The summed E-state index contributed by atoms with van der Waals surface area (Å²) in [6.45, 7) is 2.66. The molecule has 0 aliphatic carbocycles. The third kappa shape index (κ3) is 2.96. The Morgan fingerprint density at radius 2 is 1.85 bits per heavy atom. The summed E-state index contributed by atoms with van der Waals surface area (Å²) in [4.78, 5) is 0. The average Bonchev–Trinajstić information content (AvgIpc) is 2.48. The largest absolute Gasteiger partial charge is 0.496 e. The topological polar surface area (TPSA) is 21.3 Å². The monoisotopic (exact) mass is 277 g/mol. The fraction of sp³-hybridized carbons (Fsp3) is 0.250. The number of hydrogen-bond donors (Lipinski definition) is 1. The molecule has 0 aliphatic rings. The lowest BCUT2D eigenvalue weighted by Gasteiger charge is -2.21. The SMILES string of the molecule is CCNC(c1ccc(F)c(F)c1)c1ccccc1OC. The molecule has 0 saturated heterocycles. The van der Waals surface area contributed by atoms with Gasteiger partial charge in [-0.3, -0.25) is 0 Å². The summed E-state index contributed by atoms with van der Waals surface area (Å²) in [5.74, 6) is -0.979. The first-order valence-corrected chi connectivity index (χ1v) is 6.48. The molecule has 2 rings (SSSR count). The number of nitrogens with one attached hydrogen (secondary N) is 1. The molecule has 0 aliphatic heterocycles. The van der Waals surface area contributed by atoms with Crippen molar-refractivity contribution in [2.24, 2.45) is 0 Å². The standard InChI is InChI=1S/C16H17F2NO/c1-3-19-16(11-8-9-13(17)14(18)10-11)12-6-4-5-7-15(12)20-2/h4-10,16,19H,3H2,1-2H3. The van der Waals surface area contributed by atoms with Gasteiger partial charge in [0.05, 0.1) is 13.2 Å². The van der Waals surface area contributed by atoms with Crippen molar-refractivity contribution in [3.8, 4) is 5.75 Å². The highest BCUT2D eigenvalue weighted by Gasteiger charge is 2.18. The molecule has 2 nitrogen and oxygen atoms in total. The molecule has 1 unspecified atom stereocenters. The molecule has 0 heterocycles. The van der Waals surface area contributed by atoms with E-state index < -0.39 is 11.6 Å². The maximum atomic E-state index is 13.4. The van der Waals surface area contributed by atoms with E-state index in [4.69, 9.17) is 4.74 Å². The summed E-state index contributed by atoms with van der Waals surface area (Å²) in [6.07, 6.45) is 0. The van der Waals surface area contributed by atoms with Gasteiger partial charge in [-0.05, 0) is 30.3 Å². The van der Waals surface area contributed by atoms with Crippen molar-refractivity contribution in [2.75, 3.05) is 13.7 Å². The minimum atomic E-state index is -0.847. The minimum absolute atomic E-state index is 0.244. The molecule has 1 N–H and O–H groups in total. The lowest BCUT2D eigenvalue weighted by atomic mass is 9.97. The molecule has 0 bridgehead atoms. The van der Waals surface area contributed by atoms with Gasteiger partial charge in [0.15, 0.2) is 11.6 Å². The Hall–Kier alpha value is -1.94. The van der Waals surface area contributed by atoms with Crippen molar-refractivity contribution in [2.45, 2.75) is 13.0 Å². The van der Waals surface area contributed by atoms with Crippen LogP contribution in [0.15, 0.2) is 42.5 Å². The Balaban J connectivity index is 2.47. The summed E-state index contributed by atoms with van der Waals surface area (Å²) in [5, 5.41) is 3.27. The van der Waals surface area contributed by atoms with E-state index in [9.17, 15) is 8.78 Å². The van der Waals surface area contributed by atoms with Gasteiger partial charge in [0, 0.05) is 5.56 Å². The van der Waals surface area contributed by atoms with Gasteiger partial charge in [-0.15, -0.1) is 0 Å². The van der Waals surface area contributed by atoms with Crippen LogP contribution in [0.2, 0.25) is 0 Å². The quantitative estimate of drug-likeness (QED) is 0.900. The van der Waals surface area contributed by atoms with E-state index >= 15 is 0 Å². The van der Waals surface area contributed by atoms with Crippen LogP contribution in [0, 0.1) is 11.6 Å². The normalized spacial score (nSPS) is 12.2. The summed E-state index contributed by atoms with van der Waals surface area (Å²) in [5.41, 5.74) is 1.55. The maximum absolute atomic E-state index is 13.4. The van der Waals surface area contributed by atoms with E-state index in [1.165, 1.54) is 6.07 Å². The van der Waals surface area contributed by atoms with Crippen molar-refractivity contribution in [1.29, 1.82) is 0 Å². The highest BCUT2D eigenvalue weighted by atomic mass is 19.2. The third-order valence-corrected chi connectivity index (χ3v) is 3.14. The molecule has 106 valence electrons. The third-order valence-electron chi connectivity index (χ3n) is 3.14. The lowest BCUT2D eigenvalue weighted by molar-refractivity contribution is 0.404. The predicted molar refractivity (Wildman–Crippen MR) is 74.9 cm³/mol. The smallest absolute Gasteiger partial charge is 0.159 e. The molecular weight excluding hydrogens is 260 g/mol. The predicted octanol–water partition coefficient (Wildman–Crippen LogP) is 3.67. The first-order chi connectivity index (χ1) is 9.67. The van der Waals surface area contributed by atoms with E-state index in [0.717, 1.165) is 11.6 Å². The Labute approximate surface area is 117 Å². The molecule has 0 amide bonds. The van der Waals surface area contributed by atoms with Gasteiger partial charge in [0.2, 0.25) is 0 Å². The molecular formula is C16H17F2NO. The fourth-order valence-corrected chi connectivity index (χ4v) is 2.21. The highest BCUT2D eigenvalue weighted by Crippen LogP contribution is 2.30. The van der Waals surface area contributed by atoms with Crippen LogP contribution in [0.4, 0.5) is 8.78 Å². The second-order valence-electron chi connectivity index (χ2n) is 4.41. The first kappa shape index (κ1) is 14.5. The molecule has 0 aromatic heterocycles. The zero-order valence-corrected chi connectivity index (χ0v) is 11.5. The van der Waals surface area contributed by atoms with Crippen molar-refractivity contribution < 1.29 is 13.5 Å². The molecule has 0 radical (unpaired) electrons. The number of methoxy groups -OCH3 is 1. The van der Waals surface area contributed by atoms with Crippen LogP contribution in [-0.2, 0) is 0 Å². The molecule has 2 aromatic rings. The van der Waals surface area contributed by atoms with Crippen LogP contribution >= 0.6 is 0 Å². The molecule has 4 heteroatoms. The van der Waals surface area contributed by atoms with Crippen molar-refractivity contribution in [3.63, 3.8) is 0 Å². The van der Waals surface area contributed by atoms with Crippen LogP contribution in [-0.4, -0.2) is 13.7 Å². The first-order valence-electron chi connectivity index (χ1n) is 6.48. The van der Waals surface area contributed by atoms with Crippen LogP contribution in [0.1, 0.15) is 24.1 Å². The van der Waals surface area contributed by atoms with Crippen molar-refractivity contribution in [3.05, 3.63) is 65.2 Å². The Morgan fingerprint density at radius 3 is 2.50 bits per heavy atom. The number of halogens is 2. The molecule has 0 fully saturated rings. The second-order valence-corrected chi connectivity index (χ2v) is 4.41. The van der Waals surface area contributed by atoms with Crippen LogP contribution in [0.3, 0.4) is 0 Å². The zero-order chi connectivity index (χ0) is 14.5. The second kappa shape index (κ2) is 6.48. The Kier molecular flexibility index (Phi) is 4.69. The van der Waals surface area contributed by atoms with Gasteiger partial charge in [-0.2, -0.15) is 0 Å². The van der Waals surface area contributed by atoms with Gasteiger partial charge >= 0.3 is 0 Å². The van der Waals surface area contributed by atoms with Gasteiger partial charge < -0.3 is 10.1 Å². The zero-order valence-electron chi connectivity index (χ0n) is 11.5. The molecule has 0 saturated carbocycles. The number of benzene rings is 2. The van der Waals surface area contributed by atoms with Crippen LogP contribution < -0.4 is 10.1 Å².